The van der Waals surface area contributed by atoms with Gasteiger partial charge in [0.2, 0.25) is 0 Å². The molecular formula is C25H46. The van der Waals surface area contributed by atoms with Crippen LogP contribution in [0.15, 0.2) is 0 Å². The van der Waals surface area contributed by atoms with Crippen LogP contribution < -0.4 is 0 Å². The summed E-state index contributed by atoms with van der Waals surface area (Å²) in [6.07, 6.45) is 7.76. The van der Waals surface area contributed by atoms with Gasteiger partial charge in [0.25, 0.3) is 0 Å². The van der Waals surface area contributed by atoms with E-state index >= 15 is 0 Å². The Morgan fingerprint density at radius 1 is 0.400 bits per heavy atom. The summed E-state index contributed by atoms with van der Waals surface area (Å²) < 4.78 is 0. The molecule has 25 heavy (non-hydrogen) atoms. The number of rotatable bonds is 4. The van der Waals surface area contributed by atoms with Crippen molar-refractivity contribution in [2.75, 3.05) is 0 Å². The third kappa shape index (κ3) is 3.58. The van der Waals surface area contributed by atoms with Gasteiger partial charge in [-0.3, -0.25) is 0 Å². The van der Waals surface area contributed by atoms with Crippen molar-refractivity contribution in [2.24, 2.45) is 71.0 Å². The molecule has 0 aliphatic heterocycles. The van der Waals surface area contributed by atoms with E-state index in [1.54, 1.807) is 19.3 Å². The highest BCUT2D eigenvalue weighted by Crippen LogP contribution is 2.61. The molecule has 5 aliphatic rings. The minimum atomic E-state index is 0.919. The van der Waals surface area contributed by atoms with Crippen LogP contribution in [-0.4, -0.2) is 0 Å². The van der Waals surface area contributed by atoms with E-state index in [9.17, 15) is 0 Å². The summed E-state index contributed by atoms with van der Waals surface area (Å²) in [5, 5.41) is 0. The summed E-state index contributed by atoms with van der Waals surface area (Å²) in [5.41, 5.74) is 0. The van der Waals surface area contributed by atoms with Gasteiger partial charge in [0, 0.05) is 0 Å². The predicted molar refractivity (Wildman–Crippen MR) is 110 cm³/mol. The highest BCUT2D eigenvalue weighted by atomic mass is 14.6. The van der Waals surface area contributed by atoms with Gasteiger partial charge in [-0.15, -0.1) is 0 Å². The van der Waals surface area contributed by atoms with Gasteiger partial charge in [-0.25, -0.2) is 0 Å². The lowest BCUT2D eigenvalue weighted by atomic mass is 9.69. The van der Waals surface area contributed by atoms with Crippen molar-refractivity contribution in [2.45, 2.75) is 87.5 Å². The molecule has 0 heterocycles. The first-order valence-corrected chi connectivity index (χ1v) is 11.7. The maximum atomic E-state index is 2.43. The van der Waals surface area contributed by atoms with Crippen molar-refractivity contribution in [3.05, 3.63) is 0 Å². The lowest BCUT2D eigenvalue weighted by Gasteiger charge is -2.36. The van der Waals surface area contributed by atoms with Gasteiger partial charge in [-0.05, 0) is 103 Å². The molecule has 0 nitrogen and oxygen atoms in total. The van der Waals surface area contributed by atoms with Crippen molar-refractivity contribution >= 4 is 0 Å². The molecule has 0 spiro atoms. The first-order valence-electron chi connectivity index (χ1n) is 11.7. The third-order valence-electron chi connectivity index (χ3n) is 8.87. The Morgan fingerprint density at radius 3 is 0.920 bits per heavy atom. The first-order chi connectivity index (χ1) is 11.7. The molecule has 0 amide bonds. The molecule has 5 rings (SSSR count). The molecule has 0 aromatic rings. The average Bonchev–Trinajstić information content (AvgIpc) is 3.22. The van der Waals surface area contributed by atoms with Gasteiger partial charge in [0.05, 0.1) is 0 Å². The minimum Gasteiger partial charge on any atom is -0.0625 e. The Balaban J connectivity index is 0.000000146. The quantitative estimate of drug-likeness (QED) is 0.493. The summed E-state index contributed by atoms with van der Waals surface area (Å²) in [7, 11) is 0. The predicted octanol–water partition coefficient (Wildman–Crippen LogP) is 7.53. The molecule has 0 aromatic carbocycles. The molecule has 6 atom stereocenters. The number of fused-ring (bicyclic) bond motifs is 3. The van der Waals surface area contributed by atoms with Crippen molar-refractivity contribution in [1.82, 2.24) is 0 Å². The van der Waals surface area contributed by atoms with Crippen LogP contribution in [0.25, 0.3) is 0 Å². The first kappa shape index (κ1) is 19.8. The van der Waals surface area contributed by atoms with Gasteiger partial charge in [0.15, 0.2) is 0 Å². The van der Waals surface area contributed by atoms with Crippen LogP contribution in [0.3, 0.4) is 0 Å². The number of hydrogen-bond acceptors (Lipinski definition) is 0. The summed E-state index contributed by atoms with van der Waals surface area (Å²) >= 11 is 0. The topological polar surface area (TPSA) is 0 Å². The monoisotopic (exact) mass is 346 g/mol. The van der Waals surface area contributed by atoms with Crippen molar-refractivity contribution in [3.8, 4) is 0 Å². The average molecular weight is 347 g/mol. The van der Waals surface area contributed by atoms with Crippen molar-refractivity contribution in [1.29, 1.82) is 0 Å². The minimum absolute atomic E-state index is 0.919. The molecule has 0 saturated heterocycles. The zero-order valence-corrected chi connectivity index (χ0v) is 18.5. The molecule has 0 N–H and O–H groups in total. The Hall–Kier alpha value is 0. The highest BCUT2D eigenvalue weighted by Gasteiger charge is 2.53. The van der Waals surface area contributed by atoms with Gasteiger partial charge in [-0.1, -0.05) is 55.4 Å². The van der Waals surface area contributed by atoms with E-state index in [0.717, 1.165) is 71.0 Å². The van der Waals surface area contributed by atoms with E-state index in [0.29, 0.717) is 0 Å². The Bertz CT molecular complexity index is 387. The molecule has 5 aliphatic carbocycles. The fourth-order valence-electron chi connectivity index (χ4n) is 8.30. The fraction of sp³-hybridized carbons (Fsp3) is 1.00. The van der Waals surface area contributed by atoms with Gasteiger partial charge in [0.1, 0.15) is 0 Å². The smallest absolute Gasteiger partial charge is 0.0329 e. The second-order valence-corrected chi connectivity index (χ2v) is 11.6. The molecular weight excluding hydrogens is 300 g/mol. The maximum Gasteiger partial charge on any atom is -0.0329 e. The Labute approximate surface area is 158 Å². The van der Waals surface area contributed by atoms with E-state index in [1.807, 2.05) is 0 Å². The van der Waals surface area contributed by atoms with Crippen molar-refractivity contribution in [3.63, 3.8) is 0 Å². The van der Waals surface area contributed by atoms with E-state index in [2.05, 4.69) is 55.4 Å². The van der Waals surface area contributed by atoms with Crippen molar-refractivity contribution < 1.29 is 0 Å². The highest BCUT2D eigenvalue weighted by molar-refractivity contribution is 5.02. The summed E-state index contributed by atoms with van der Waals surface area (Å²) in [4.78, 5) is 0. The standard InChI is InChI=1S/C13H24.C12H22/c1-8(2)12-10-5-6-11(7-10)13(12)9(3)4;1-7(2)11-9-5-10(6-9)12(11)8(3)4/h8-13H,5-7H2,1-4H3;7-12H,5-6H2,1-4H3. The van der Waals surface area contributed by atoms with Crippen LogP contribution in [0.1, 0.15) is 87.5 Å². The summed E-state index contributed by atoms with van der Waals surface area (Å²) in [6, 6.07) is 0. The molecule has 5 saturated carbocycles. The van der Waals surface area contributed by atoms with Gasteiger partial charge < -0.3 is 0 Å². The van der Waals surface area contributed by atoms with Crippen LogP contribution in [0.4, 0.5) is 0 Å². The molecule has 5 fully saturated rings. The van der Waals surface area contributed by atoms with Crippen LogP contribution >= 0.6 is 0 Å². The maximum absolute atomic E-state index is 2.43. The molecule has 6 unspecified atom stereocenters. The molecule has 0 heteroatoms. The number of hydrogen-bond donors (Lipinski definition) is 0. The lowest BCUT2D eigenvalue weighted by Crippen LogP contribution is -2.30. The fourth-order valence-corrected chi connectivity index (χ4v) is 8.30. The molecule has 0 radical (unpaired) electrons. The summed E-state index contributed by atoms with van der Waals surface area (Å²) in [5.74, 6) is 12.3. The van der Waals surface area contributed by atoms with Gasteiger partial charge in [-0.2, -0.15) is 0 Å². The second-order valence-electron chi connectivity index (χ2n) is 11.6. The molecule has 146 valence electrons. The van der Waals surface area contributed by atoms with E-state index in [-0.39, 0.29) is 0 Å². The van der Waals surface area contributed by atoms with Crippen LogP contribution in [-0.2, 0) is 0 Å². The van der Waals surface area contributed by atoms with Gasteiger partial charge >= 0.3 is 0 Å². The van der Waals surface area contributed by atoms with E-state index < -0.39 is 0 Å². The molecule has 0 aromatic heterocycles. The normalized spacial score (nSPS) is 44.6. The lowest BCUT2D eigenvalue weighted by molar-refractivity contribution is 0.124. The SMILES string of the molecule is CC(C)C1C2CC(C2)C1C(C)C.CC(C)C1C2CCC(C2)C1C(C)C. The zero-order valence-electron chi connectivity index (χ0n) is 18.5. The van der Waals surface area contributed by atoms with Crippen LogP contribution in [0, 0.1) is 71.0 Å². The Kier molecular flexibility index (Phi) is 5.97. The third-order valence-corrected chi connectivity index (χ3v) is 8.87. The van der Waals surface area contributed by atoms with E-state index in [4.69, 9.17) is 0 Å². The van der Waals surface area contributed by atoms with Crippen LogP contribution in [0.2, 0.25) is 0 Å². The van der Waals surface area contributed by atoms with E-state index in [1.165, 1.54) is 12.8 Å². The molecule has 4 bridgehead atoms. The zero-order chi connectivity index (χ0) is 18.5. The van der Waals surface area contributed by atoms with Crippen LogP contribution in [0.5, 0.6) is 0 Å². The largest absolute Gasteiger partial charge is 0.0625 e. The Morgan fingerprint density at radius 2 is 0.640 bits per heavy atom. The second kappa shape index (κ2) is 7.55. The summed E-state index contributed by atoms with van der Waals surface area (Å²) in [6.45, 7) is 19.4.